The van der Waals surface area contributed by atoms with Gasteiger partial charge in [0.2, 0.25) is 0 Å². The van der Waals surface area contributed by atoms with E-state index in [4.69, 9.17) is 11.6 Å². The van der Waals surface area contributed by atoms with Gasteiger partial charge in [0.1, 0.15) is 0 Å². The van der Waals surface area contributed by atoms with Crippen LogP contribution in [-0.2, 0) is 0 Å². The number of hydrogen-bond acceptors (Lipinski definition) is 3. The molecule has 4 nitrogen and oxygen atoms in total. The van der Waals surface area contributed by atoms with Crippen LogP contribution in [0.2, 0.25) is 5.02 Å². The van der Waals surface area contributed by atoms with Gasteiger partial charge in [0.05, 0.1) is 15.6 Å². The quantitative estimate of drug-likeness (QED) is 0.426. The maximum Gasteiger partial charge on any atom is 0.271 e. The normalized spacial score (nSPS) is 10.3. The number of non-ortho nitro benzene ring substituents is 1. The van der Waals surface area contributed by atoms with Crippen molar-refractivity contribution in [3.8, 4) is 0 Å². The average Bonchev–Trinajstić information content (AvgIpc) is 2.35. The summed E-state index contributed by atoms with van der Waals surface area (Å²) in [6, 6.07) is 4.50. The minimum atomic E-state index is -0.444. The Kier molecular flexibility index (Phi) is 6.50. The molecule has 0 unspecified atom stereocenters. The summed E-state index contributed by atoms with van der Waals surface area (Å²) in [5.74, 6) is 0. The highest BCUT2D eigenvalue weighted by molar-refractivity contribution is 6.33. The van der Waals surface area contributed by atoms with Crippen LogP contribution >= 0.6 is 11.6 Å². The summed E-state index contributed by atoms with van der Waals surface area (Å²) in [5, 5.41) is 14.2. The molecular weight excluding hydrogens is 252 g/mol. The van der Waals surface area contributed by atoms with Crippen molar-refractivity contribution in [2.45, 2.75) is 39.0 Å². The number of benzene rings is 1. The van der Waals surface area contributed by atoms with E-state index in [1.165, 1.54) is 37.8 Å². The molecule has 0 radical (unpaired) electrons. The fourth-order valence-electron chi connectivity index (χ4n) is 1.71. The number of unbranched alkanes of at least 4 members (excludes halogenated alkanes) is 4. The molecule has 0 spiro atoms. The van der Waals surface area contributed by atoms with Crippen molar-refractivity contribution < 1.29 is 4.92 Å². The van der Waals surface area contributed by atoms with Gasteiger partial charge < -0.3 is 5.32 Å². The number of hydrogen-bond donors (Lipinski definition) is 1. The second-order valence-corrected chi connectivity index (χ2v) is 4.67. The van der Waals surface area contributed by atoms with Gasteiger partial charge in [-0.25, -0.2) is 0 Å². The van der Waals surface area contributed by atoms with Crippen LogP contribution in [0.4, 0.5) is 11.4 Å². The van der Waals surface area contributed by atoms with Gasteiger partial charge >= 0.3 is 0 Å². The first kappa shape index (κ1) is 14.8. The van der Waals surface area contributed by atoms with E-state index in [2.05, 4.69) is 12.2 Å². The van der Waals surface area contributed by atoms with Crippen molar-refractivity contribution in [3.05, 3.63) is 33.3 Å². The van der Waals surface area contributed by atoms with E-state index >= 15 is 0 Å². The molecule has 1 rings (SSSR count). The third kappa shape index (κ3) is 4.92. The minimum absolute atomic E-state index is 0.0218. The van der Waals surface area contributed by atoms with E-state index < -0.39 is 4.92 Å². The van der Waals surface area contributed by atoms with Crippen molar-refractivity contribution in [1.82, 2.24) is 0 Å². The molecule has 0 heterocycles. The van der Waals surface area contributed by atoms with E-state index in [1.54, 1.807) is 6.07 Å². The fourth-order valence-corrected chi connectivity index (χ4v) is 1.95. The second kappa shape index (κ2) is 7.93. The third-order valence-electron chi connectivity index (χ3n) is 2.76. The lowest BCUT2D eigenvalue weighted by Gasteiger charge is -2.07. The molecule has 0 saturated heterocycles. The SMILES string of the molecule is CCCCCCCNc1ccc([N+](=O)[O-])cc1Cl. The molecule has 1 aromatic rings. The second-order valence-electron chi connectivity index (χ2n) is 4.26. The number of nitrogens with zero attached hydrogens (tertiary/aromatic N) is 1. The average molecular weight is 271 g/mol. The van der Waals surface area contributed by atoms with Gasteiger partial charge in [-0.2, -0.15) is 0 Å². The van der Waals surface area contributed by atoms with Gasteiger partial charge in [0, 0.05) is 18.7 Å². The Labute approximate surface area is 112 Å². The van der Waals surface area contributed by atoms with Crippen LogP contribution in [0, 0.1) is 10.1 Å². The van der Waals surface area contributed by atoms with Crippen LogP contribution in [0.5, 0.6) is 0 Å². The molecule has 0 aromatic heterocycles. The van der Waals surface area contributed by atoms with Gasteiger partial charge in [-0.15, -0.1) is 0 Å². The first-order valence-corrected chi connectivity index (χ1v) is 6.70. The highest BCUT2D eigenvalue weighted by Crippen LogP contribution is 2.26. The van der Waals surface area contributed by atoms with Gasteiger partial charge in [0.15, 0.2) is 0 Å². The number of halogens is 1. The molecule has 0 aliphatic heterocycles. The first-order valence-electron chi connectivity index (χ1n) is 6.33. The maximum absolute atomic E-state index is 10.6. The standard InChI is InChI=1S/C13H19ClN2O2/c1-2-3-4-5-6-9-15-13-8-7-11(16(17)18)10-12(13)14/h7-8,10,15H,2-6,9H2,1H3. The van der Waals surface area contributed by atoms with Gasteiger partial charge in [-0.3, -0.25) is 10.1 Å². The van der Waals surface area contributed by atoms with Crippen LogP contribution in [0.15, 0.2) is 18.2 Å². The predicted molar refractivity (Wildman–Crippen MR) is 75.4 cm³/mol. The molecule has 5 heteroatoms. The van der Waals surface area contributed by atoms with E-state index in [9.17, 15) is 10.1 Å². The molecule has 0 bridgehead atoms. The number of nitrogens with one attached hydrogen (secondary N) is 1. The molecule has 0 fully saturated rings. The highest BCUT2D eigenvalue weighted by atomic mass is 35.5. The molecule has 1 N–H and O–H groups in total. The number of nitro groups is 1. The van der Waals surface area contributed by atoms with Crippen molar-refractivity contribution >= 4 is 23.0 Å². The van der Waals surface area contributed by atoms with Crippen LogP contribution in [0.25, 0.3) is 0 Å². The highest BCUT2D eigenvalue weighted by Gasteiger charge is 2.08. The molecule has 0 aliphatic rings. The monoisotopic (exact) mass is 270 g/mol. The molecule has 18 heavy (non-hydrogen) atoms. The topological polar surface area (TPSA) is 55.2 Å². The van der Waals surface area contributed by atoms with Gasteiger partial charge in [0.25, 0.3) is 5.69 Å². The summed E-state index contributed by atoms with van der Waals surface area (Å²) < 4.78 is 0. The Morgan fingerprint density at radius 1 is 1.28 bits per heavy atom. The number of anilines is 1. The fraction of sp³-hybridized carbons (Fsp3) is 0.538. The Hall–Kier alpha value is -1.29. The lowest BCUT2D eigenvalue weighted by molar-refractivity contribution is -0.384. The lowest BCUT2D eigenvalue weighted by Crippen LogP contribution is -2.02. The summed E-state index contributed by atoms with van der Waals surface area (Å²) in [6.45, 7) is 3.04. The lowest BCUT2D eigenvalue weighted by atomic mass is 10.1. The summed E-state index contributed by atoms with van der Waals surface area (Å²) in [6.07, 6.45) is 6.06. The summed E-state index contributed by atoms with van der Waals surface area (Å²) in [4.78, 5) is 10.1. The van der Waals surface area contributed by atoms with E-state index in [0.29, 0.717) is 5.02 Å². The van der Waals surface area contributed by atoms with Crippen LogP contribution in [0.1, 0.15) is 39.0 Å². The zero-order valence-electron chi connectivity index (χ0n) is 10.6. The Balaban J connectivity index is 2.36. The molecule has 0 atom stereocenters. The van der Waals surface area contributed by atoms with E-state index in [0.717, 1.165) is 18.7 Å². The Bertz CT molecular complexity index is 397. The maximum atomic E-state index is 10.6. The summed E-state index contributed by atoms with van der Waals surface area (Å²) >= 11 is 5.97. The molecular formula is C13H19ClN2O2. The molecule has 0 saturated carbocycles. The van der Waals surface area contributed by atoms with E-state index in [1.807, 2.05) is 0 Å². The molecule has 1 aromatic carbocycles. The molecule has 0 aliphatic carbocycles. The summed E-state index contributed by atoms with van der Waals surface area (Å²) in [7, 11) is 0. The minimum Gasteiger partial charge on any atom is -0.384 e. The van der Waals surface area contributed by atoms with Crippen molar-refractivity contribution in [2.24, 2.45) is 0 Å². The first-order chi connectivity index (χ1) is 8.65. The molecule has 100 valence electrons. The van der Waals surface area contributed by atoms with Crippen LogP contribution in [0.3, 0.4) is 0 Å². The Morgan fingerprint density at radius 2 is 2.00 bits per heavy atom. The largest absolute Gasteiger partial charge is 0.384 e. The summed E-state index contributed by atoms with van der Waals surface area (Å²) in [5.41, 5.74) is 0.784. The smallest absolute Gasteiger partial charge is 0.271 e. The number of rotatable bonds is 8. The van der Waals surface area contributed by atoms with E-state index in [-0.39, 0.29) is 5.69 Å². The third-order valence-corrected chi connectivity index (χ3v) is 3.07. The van der Waals surface area contributed by atoms with Crippen molar-refractivity contribution in [3.63, 3.8) is 0 Å². The zero-order valence-corrected chi connectivity index (χ0v) is 11.4. The van der Waals surface area contributed by atoms with Crippen molar-refractivity contribution in [2.75, 3.05) is 11.9 Å². The van der Waals surface area contributed by atoms with Gasteiger partial charge in [-0.05, 0) is 12.5 Å². The van der Waals surface area contributed by atoms with Crippen LogP contribution < -0.4 is 5.32 Å². The predicted octanol–water partition coefficient (Wildman–Crippen LogP) is 4.63. The van der Waals surface area contributed by atoms with Crippen LogP contribution in [-0.4, -0.2) is 11.5 Å². The van der Waals surface area contributed by atoms with Gasteiger partial charge in [-0.1, -0.05) is 44.2 Å². The molecule has 0 amide bonds. The number of nitro benzene ring substituents is 1. The zero-order chi connectivity index (χ0) is 13.4. The Morgan fingerprint density at radius 3 is 2.61 bits per heavy atom. The van der Waals surface area contributed by atoms with Crippen molar-refractivity contribution in [1.29, 1.82) is 0 Å².